The van der Waals surface area contributed by atoms with Gasteiger partial charge in [-0.25, -0.2) is 0 Å². The van der Waals surface area contributed by atoms with Crippen molar-refractivity contribution in [3.63, 3.8) is 0 Å². The average Bonchev–Trinajstić information content (AvgIpc) is 2.99. The molecular weight excluding hydrogens is 398 g/mol. The second-order valence-electron chi connectivity index (χ2n) is 8.59. The lowest BCUT2D eigenvalue weighted by Gasteiger charge is -2.24. The van der Waals surface area contributed by atoms with E-state index in [-0.39, 0.29) is 11.3 Å². The van der Waals surface area contributed by atoms with E-state index in [9.17, 15) is 0 Å². The summed E-state index contributed by atoms with van der Waals surface area (Å²) in [5.41, 5.74) is 6.23. The molecule has 4 heteroatoms. The number of halogens is 1. The monoisotopic (exact) mass is 425 g/mol. The minimum Gasteiger partial charge on any atom is -0.278 e. The molecule has 0 amide bonds. The zero-order valence-corrected chi connectivity index (χ0v) is 18.8. The SMILES string of the molecule is Cc1cc(C(C)(C)C)cc(C)c1-n1c(-c2ccc(Br)cc2)nnc1C(C)C. The highest BCUT2D eigenvalue weighted by atomic mass is 79.9. The largest absolute Gasteiger partial charge is 0.278 e. The van der Waals surface area contributed by atoms with Gasteiger partial charge in [0.25, 0.3) is 0 Å². The van der Waals surface area contributed by atoms with Crippen molar-refractivity contribution < 1.29 is 0 Å². The Morgan fingerprint density at radius 3 is 1.96 bits per heavy atom. The maximum Gasteiger partial charge on any atom is 0.168 e. The number of aromatic nitrogens is 3. The topological polar surface area (TPSA) is 30.7 Å². The molecule has 3 nitrogen and oxygen atoms in total. The number of aryl methyl sites for hydroxylation is 2. The lowest BCUT2D eigenvalue weighted by Crippen LogP contribution is -2.14. The summed E-state index contributed by atoms with van der Waals surface area (Å²) in [5.74, 6) is 2.16. The van der Waals surface area contributed by atoms with Crippen molar-refractivity contribution in [2.75, 3.05) is 0 Å². The Bertz CT molecular complexity index is 937. The van der Waals surface area contributed by atoms with Gasteiger partial charge in [-0.1, -0.05) is 74.8 Å². The van der Waals surface area contributed by atoms with Gasteiger partial charge in [0.05, 0.1) is 5.69 Å². The number of hydrogen-bond acceptors (Lipinski definition) is 2. The quantitative estimate of drug-likeness (QED) is 0.465. The first-order valence-electron chi connectivity index (χ1n) is 9.43. The summed E-state index contributed by atoms with van der Waals surface area (Å²) in [4.78, 5) is 0. The van der Waals surface area contributed by atoms with Crippen molar-refractivity contribution in [1.82, 2.24) is 14.8 Å². The van der Waals surface area contributed by atoms with Gasteiger partial charge in [-0.05, 0) is 48.1 Å². The van der Waals surface area contributed by atoms with E-state index in [0.29, 0.717) is 0 Å². The van der Waals surface area contributed by atoms with Crippen LogP contribution in [0.3, 0.4) is 0 Å². The molecule has 0 radical (unpaired) electrons. The van der Waals surface area contributed by atoms with Crippen LogP contribution in [0.1, 0.15) is 63.1 Å². The van der Waals surface area contributed by atoms with E-state index in [4.69, 9.17) is 0 Å². The zero-order valence-electron chi connectivity index (χ0n) is 17.3. The molecule has 2 aromatic carbocycles. The van der Waals surface area contributed by atoms with Crippen LogP contribution in [0.25, 0.3) is 17.1 Å². The number of nitrogens with zero attached hydrogens (tertiary/aromatic N) is 3. The minimum absolute atomic E-state index is 0.122. The normalized spacial score (nSPS) is 12.0. The van der Waals surface area contributed by atoms with E-state index in [0.717, 1.165) is 21.7 Å². The first-order valence-corrected chi connectivity index (χ1v) is 10.2. The number of hydrogen-bond donors (Lipinski definition) is 0. The van der Waals surface area contributed by atoms with Crippen molar-refractivity contribution in [3.05, 3.63) is 63.4 Å². The van der Waals surface area contributed by atoms with Crippen LogP contribution in [0.4, 0.5) is 0 Å². The van der Waals surface area contributed by atoms with Gasteiger partial charge >= 0.3 is 0 Å². The molecule has 0 unspecified atom stereocenters. The van der Waals surface area contributed by atoms with Crippen LogP contribution in [0, 0.1) is 13.8 Å². The number of rotatable bonds is 3. The molecule has 0 aliphatic heterocycles. The Hall–Kier alpha value is -1.94. The van der Waals surface area contributed by atoms with Gasteiger partial charge in [0, 0.05) is 16.0 Å². The third-order valence-corrected chi connectivity index (χ3v) is 5.42. The summed E-state index contributed by atoms with van der Waals surface area (Å²) in [7, 11) is 0. The smallest absolute Gasteiger partial charge is 0.168 e. The summed E-state index contributed by atoms with van der Waals surface area (Å²) < 4.78 is 3.30. The second kappa shape index (κ2) is 7.23. The summed E-state index contributed by atoms with van der Waals surface area (Å²) in [6.45, 7) is 15.5. The van der Waals surface area contributed by atoms with Crippen molar-refractivity contribution in [1.29, 1.82) is 0 Å². The molecular formula is C23H28BrN3. The van der Waals surface area contributed by atoms with Crippen molar-refractivity contribution in [2.24, 2.45) is 0 Å². The first-order chi connectivity index (χ1) is 12.6. The average molecular weight is 426 g/mol. The van der Waals surface area contributed by atoms with Crippen LogP contribution in [-0.2, 0) is 5.41 Å². The standard InChI is InChI=1S/C23H28BrN3/c1-14(2)21-25-26-22(17-8-10-19(24)11-9-17)27(21)20-15(3)12-18(13-16(20)4)23(5,6)7/h8-14H,1-7H3. The third kappa shape index (κ3) is 3.86. The van der Waals surface area contributed by atoms with Crippen molar-refractivity contribution in [3.8, 4) is 17.1 Å². The van der Waals surface area contributed by atoms with Crippen LogP contribution < -0.4 is 0 Å². The van der Waals surface area contributed by atoms with Gasteiger partial charge in [-0.2, -0.15) is 0 Å². The molecule has 0 saturated carbocycles. The zero-order chi connectivity index (χ0) is 19.9. The molecule has 142 valence electrons. The molecule has 1 aromatic heterocycles. The highest BCUT2D eigenvalue weighted by Crippen LogP contribution is 2.33. The molecule has 0 aliphatic rings. The van der Waals surface area contributed by atoms with Gasteiger partial charge in [0.2, 0.25) is 0 Å². The Morgan fingerprint density at radius 2 is 1.48 bits per heavy atom. The van der Waals surface area contributed by atoms with Crippen LogP contribution in [-0.4, -0.2) is 14.8 Å². The molecule has 0 spiro atoms. The lowest BCUT2D eigenvalue weighted by atomic mass is 9.84. The Kier molecular flexibility index (Phi) is 5.31. The van der Waals surface area contributed by atoms with Gasteiger partial charge in [0.15, 0.2) is 5.82 Å². The van der Waals surface area contributed by atoms with Crippen LogP contribution in [0.5, 0.6) is 0 Å². The van der Waals surface area contributed by atoms with Gasteiger partial charge < -0.3 is 0 Å². The van der Waals surface area contributed by atoms with E-state index < -0.39 is 0 Å². The van der Waals surface area contributed by atoms with E-state index in [1.165, 1.54) is 22.4 Å². The van der Waals surface area contributed by atoms with Crippen LogP contribution in [0.15, 0.2) is 40.9 Å². The molecule has 27 heavy (non-hydrogen) atoms. The summed E-state index contributed by atoms with van der Waals surface area (Å²) in [5, 5.41) is 9.11. The van der Waals surface area contributed by atoms with Crippen molar-refractivity contribution in [2.45, 2.75) is 59.8 Å². The third-order valence-electron chi connectivity index (χ3n) is 4.89. The highest BCUT2D eigenvalue weighted by Gasteiger charge is 2.22. The fraction of sp³-hybridized carbons (Fsp3) is 0.391. The molecule has 3 rings (SSSR count). The van der Waals surface area contributed by atoms with E-state index >= 15 is 0 Å². The molecule has 0 aliphatic carbocycles. The van der Waals surface area contributed by atoms with Crippen LogP contribution in [0.2, 0.25) is 0 Å². The van der Waals surface area contributed by atoms with Gasteiger partial charge in [0.1, 0.15) is 5.82 Å². The Morgan fingerprint density at radius 1 is 0.926 bits per heavy atom. The molecule has 1 heterocycles. The maximum absolute atomic E-state index is 4.56. The Labute approximate surface area is 171 Å². The molecule has 0 atom stereocenters. The first kappa shape index (κ1) is 19.8. The predicted octanol–water partition coefficient (Wildman–Crippen LogP) is 6.73. The lowest BCUT2D eigenvalue weighted by molar-refractivity contribution is 0.589. The van der Waals surface area contributed by atoms with Gasteiger partial charge in [-0.3, -0.25) is 4.57 Å². The Balaban J connectivity index is 2.28. The van der Waals surface area contributed by atoms with Crippen LogP contribution >= 0.6 is 15.9 Å². The minimum atomic E-state index is 0.122. The molecule has 0 bridgehead atoms. The maximum atomic E-state index is 4.56. The fourth-order valence-corrected chi connectivity index (χ4v) is 3.68. The summed E-state index contributed by atoms with van der Waals surface area (Å²) >= 11 is 3.52. The van der Waals surface area contributed by atoms with Crippen molar-refractivity contribution >= 4 is 15.9 Å². The van der Waals surface area contributed by atoms with E-state index in [1.807, 2.05) is 12.1 Å². The molecule has 0 fully saturated rings. The van der Waals surface area contributed by atoms with E-state index in [1.54, 1.807) is 0 Å². The van der Waals surface area contributed by atoms with Gasteiger partial charge in [-0.15, -0.1) is 10.2 Å². The highest BCUT2D eigenvalue weighted by molar-refractivity contribution is 9.10. The van der Waals surface area contributed by atoms with E-state index in [2.05, 4.69) is 103 Å². The fourth-order valence-electron chi connectivity index (χ4n) is 3.42. The summed E-state index contributed by atoms with van der Waals surface area (Å²) in [6, 6.07) is 12.9. The molecule has 3 aromatic rings. The summed E-state index contributed by atoms with van der Waals surface area (Å²) in [6.07, 6.45) is 0. The number of benzene rings is 2. The second-order valence-corrected chi connectivity index (χ2v) is 9.50. The predicted molar refractivity (Wildman–Crippen MR) is 117 cm³/mol. The molecule has 0 N–H and O–H groups in total. The molecule has 0 saturated heterocycles.